The van der Waals surface area contributed by atoms with E-state index in [1.165, 1.54) is 76.9 Å². The minimum Gasteiger partial charge on any atom is -0.434 e. The zero-order valence-electron chi connectivity index (χ0n) is 16.7. The van der Waals surface area contributed by atoms with Gasteiger partial charge in [-0.2, -0.15) is 0 Å². The van der Waals surface area contributed by atoms with Crippen molar-refractivity contribution < 1.29 is 9.53 Å². The van der Waals surface area contributed by atoms with Gasteiger partial charge in [-0.15, -0.1) is 0 Å². The maximum atomic E-state index is 11.4. The number of rotatable bonds is 17. The number of unbranched alkanes of at least 4 members (excludes halogenated alkanes) is 11. The molecule has 2 nitrogen and oxygen atoms in total. The van der Waals surface area contributed by atoms with Crippen LogP contribution in [-0.4, -0.2) is 5.97 Å². The number of ether oxygens (including phenoxy) is 1. The van der Waals surface area contributed by atoms with Gasteiger partial charge in [0.1, 0.15) is 0 Å². The highest BCUT2D eigenvalue weighted by Crippen LogP contribution is 2.10. The normalized spacial score (nSPS) is 11.4. The second kappa shape index (κ2) is 19.0. The maximum absolute atomic E-state index is 11.4. The molecule has 0 rings (SSSR count). The Morgan fingerprint density at radius 2 is 1.36 bits per heavy atom. The van der Waals surface area contributed by atoms with Gasteiger partial charge >= 0.3 is 5.97 Å². The number of carbonyl (C=O) groups excluding carboxylic acids is 1. The minimum atomic E-state index is -0.143. The first-order valence-corrected chi connectivity index (χ1v) is 10.3. The van der Waals surface area contributed by atoms with Crippen molar-refractivity contribution in [2.45, 2.75) is 104 Å². The molecule has 0 unspecified atom stereocenters. The van der Waals surface area contributed by atoms with Crippen LogP contribution in [0.5, 0.6) is 0 Å². The van der Waals surface area contributed by atoms with E-state index >= 15 is 0 Å². The highest BCUT2D eigenvalue weighted by atomic mass is 16.5. The standard InChI is InChI=1S/C23H40O2/c1-4-5-6-7-8-9-10-11-12-13-14-15-16-17-18-19-23(24)25-21-20-22(2)3/h11-12,20-21H,2,4-10,13-19H2,1,3H3/b12-11-,21-20-. The van der Waals surface area contributed by atoms with Crippen LogP contribution in [0.4, 0.5) is 0 Å². The Morgan fingerprint density at radius 3 is 1.92 bits per heavy atom. The molecule has 0 aliphatic heterocycles. The lowest BCUT2D eigenvalue weighted by Crippen LogP contribution is -1.98. The lowest BCUT2D eigenvalue weighted by atomic mass is 10.1. The first-order valence-electron chi connectivity index (χ1n) is 10.3. The fourth-order valence-corrected chi connectivity index (χ4v) is 2.63. The summed E-state index contributed by atoms with van der Waals surface area (Å²) in [7, 11) is 0. The van der Waals surface area contributed by atoms with Gasteiger partial charge in [0.15, 0.2) is 0 Å². The predicted octanol–water partition coefficient (Wildman–Crippen LogP) is 7.66. The van der Waals surface area contributed by atoms with Gasteiger partial charge in [-0.25, -0.2) is 0 Å². The van der Waals surface area contributed by atoms with E-state index in [1.807, 2.05) is 6.92 Å². The number of allylic oxidation sites excluding steroid dienone is 4. The molecule has 0 aliphatic rings. The molecule has 0 heterocycles. The quantitative estimate of drug-likeness (QED) is 0.0886. The molecule has 0 radical (unpaired) electrons. The second-order valence-corrected chi connectivity index (χ2v) is 6.97. The number of hydrogen-bond donors (Lipinski definition) is 0. The topological polar surface area (TPSA) is 26.3 Å². The van der Waals surface area contributed by atoms with E-state index < -0.39 is 0 Å². The molecule has 0 spiro atoms. The van der Waals surface area contributed by atoms with Crippen LogP contribution >= 0.6 is 0 Å². The van der Waals surface area contributed by atoms with Gasteiger partial charge in [-0.05, 0) is 45.1 Å². The second-order valence-electron chi connectivity index (χ2n) is 6.97. The van der Waals surface area contributed by atoms with Crippen molar-refractivity contribution in [1.29, 1.82) is 0 Å². The summed E-state index contributed by atoms with van der Waals surface area (Å²) in [6, 6.07) is 0. The van der Waals surface area contributed by atoms with E-state index in [9.17, 15) is 4.79 Å². The molecule has 0 aromatic rings. The first kappa shape index (κ1) is 23.7. The fraction of sp³-hybridized carbons (Fsp3) is 0.696. The Bertz CT molecular complexity index is 380. The maximum Gasteiger partial charge on any atom is 0.310 e. The Hall–Kier alpha value is -1.31. The zero-order chi connectivity index (χ0) is 18.6. The molecule has 0 N–H and O–H groups in total. The molecule has 0 saturated carbocycles. The van der Waals surface area contributed by atoms with Crippen molar-refractivity contribution in [3.8, 4) is 0 Å². The molecule has 2 heteroatoms. The van der Waals surface area contributed by atoms with Crippen molar-refractivity contribution >= 4 is 5.97 Å². The van der Waals surface area contributed by atoms with Gasteiger partial charge in [0.25, 0.3) is 0 Å². The van der Waals surface area contributed by atoms with Crippen molar-refractivity contribution in [1.82, 2.24) is 0 Å². The highest BCUT2D eigenvalue weighted by Gasteiger charge is 2.00. The third-order valence-electron chi connectivity index (χ3n) is 4.19. The van der Waals surface area contributed by atoms with Crippen LogP contribution in [0.3, 0.4) is 0 Å². The summed E-state index contributed by atoms with van der Waals surface area (Å²) in [5, 5.41) is 0. The van der Waals surface area contributed by atoms with Crippen molar-refractivity contribution in [2.75, 3.05) is 0 Å². The SMILES string of the molecule is C=C(C)/C=C\OC(=O)CCCCCCC/C=C\CCCCCCCC. The molecule has 0 saturated heterocycles. The summed E-state index contributed by atoms with van der Waals surface area (Å²) in [5.74, 6) is -0.143. The summed E-state index contributed by atoms with van der Waals surface area (Å²) < 4.78 is 4.98. The smallest absolute Gasteiger partial charge is 0.310 e. The van der Waals surface area contributed by atoms with Crippen LogP contribution in [0.15, 0.2) is 36.6 Å². The molecule has 0 amide bonds. The fourth-order valence-electron chi connectivity index (χ4n) is 2.63. The molecule has 0 bridgehead atoms. The Morgan fingerprint density at radius 1 is 0.840 bits per heavy atom. The third kappa shape index (κ3) is 20.6. The van der Waals surface area contributed by atoms with Gasteiger partial charge < -0.3 is 4.74 Å². The highest BCUT2D eigenvalue weighted by molar-refractivity contribution is 5.69. The van der Waals surface area contributed by atoms with Gasteiger partial charge in [0.05, 0.1) is 6.26 Å². The van der Waals surface area contributed by atoms with Crippen LogP contribution in [0.2, 0.25) is 0 Å². The molecule has 0 fully saturated rings. The van der Waals surface area contributed by atoms with E-state index in [0.717, 1.165) is 18.4 Å². The first-order chi connectivity index (χ1) is 12.2. The van der Waals surface area contributed by atoms with Gasteiger partial charge in [-0.3, -0.25) is 4.79 Å². The summed E-state index contributed by atoms with van der Waals surface area (Å²) in [6.45, 7) is 7.85. The average Bonchev–Trinajstić information content (AvgIpc) is 2.58. The van der Waals surface area contributed by atoms with Gasteiger partial charge in [-0.1, -0.05) is 82.6 Å². The van der Waals surface area contributed by atoms with Gasteiger partial charge in [0.2, 0.25) is 0 Å². The van der Waals surface area contributed by atoms with Crippen molar-refractivity contribution in [3.05, 3.63) is 36.6 Å². The molecule has 25 heavy (non-hydrogen) atoms. The summed E-state index contributed by atoms with van der Waals surface area (Å²) in [4.78, 5) is 11.4. The van der Waals surface area contributed by atoms with Crippen LogP contribution < -0.4 is 0 Å². The minimum absolute atomic E-state index is 0.143. The Balaban J connectivity index is 3.26. The molecule has 0 aliphatic carbocycles. The van der Waals surface area contributed by atoms with E-state index in [4.69, 9.17) is 4.74 Å². The molecule has 0 atom stereocenters. The van der Waals surface area contributed by atoms with Crippen LogP contribution in [0, 0.1) is 0 Å². The molecule has 0 aromatic carbocycles. The zero-order valence-corrected chi connectivity index (χ0v) is 16.7. The molecule has 0 aromatic heterocycles. The summed E-state index contributed by atoms with van der Waals surface area (Å²) in [5.41, 5.74) is 0.883. The number of hydrogen-bond acceptors (Lipinski definition) is 2. The van der Waals surface area contributed by atoms with E-state index in [2.05, 4.69) is 25.7 Å². The summed E-state index contributed by atoms with van der Waals surface area (Å²) in [6.07, 6.45) is 24.8. The molecular weight excluding hydrogens is 308 g/mol. The average molecular weight is 349 g/mol. The van der Waals surface area contributed by atoms with E-state index in [-0.39, 0.29) is 5.97 Å². The van der Waals surface area contributed by atoms with Crippen LogP contribution in [0.1, 0.15) is 104 Å². The predicted molar refractivity (Wildman–Crippen MR) is 109 cm³/mol. The van der Waals surface area contributed by atoms with E-state index in [1.54, 1.807) is 6.08 Å². The van der Waals surface area contributed by atoms with Gasteiger partial charge in [0, 0.05) is 6.42 Å². The summed E-state index contributed by atoms with van der Waals surface area (Å²) >= 11 is 0. The Labute approximate surface area is 156 Å². The molecular formula is C23H40O2. The molecule has 144 valence electrons. The largest absolute Gasteiger partial charge is 0.434 e. The number of carbonyl (C=O) groups is 1. The van der Waals surface area contributed by atoms with Crippen molar-refractivity contribution in [2.24, 2.45) is 0 Å². The third-order valence-corrected chi connectivity index (χ3v) is 4.19. The van der Waals surface area contributed by atoms with Crippen LogP contribution in [-0.2, 0) is 9.53 Å². The Kier molecular flexibility index (Phi) is 18.0. The van der Waals surface area contributed by atoms with E-state index in [0.29, 0.717) is 6.42 Å². The lowest BCUT2D eigenvalue weighted by Gasteiger charge is -2.01. The van der Waals surface area contributed by atoms with Crippen molar-refractivity contribution in [3.63, 3.8) is 0 Å². The number of esters is 1. The lowest BCUT2D eigenvalue weighted by molar-refractivity contribution is -0.138. The monoisotopic (exact) mass is 348 g/mol. The van der Waals surface area contributed by atoms with Crippen LogP contribution in [0.25, 0.3) is 0 Å².